The third-order valence-corrected chi connectivity index (χ3v) is 0.471. The molecule has 0 aromatic rings. The zero-order chi connectivity index (χ0) is 5.54. The molecule has 0 spiro atoms. The van der Waals surface area contributed by atoms with Crippen molar-refractivity contribution >= 4 is 0 Å². The number of aliphatic hydroxyl groups excluding tert-OH is 2. The summed E-state index contributed by atoms with van der Waals surface area (Å²) in [6.45, 7) is 0.696. The molecule has 0 saturated heterocycles. The molecule has 0 saturated carbocycles. The molecule has 0 atom stereocenters. The summed E-state index contributed by atoms with van der Waals surface area (Å²) in [6, 6.07) is 0. The predicted octanol–water partition coefficient (Wildman–Crippen LogP) is -4.19. The maximum absolute atomic E-state index is 8.09. The van der Waals surface area contributed by atoms with Crippen LogP contribution in [-0.4, -0.2) is 42.1 Å². The molecule has 0 amide bonds. The van der Waals surface area contributed by atoms with Crippen molar-refractivity contribution in [3.05, 3.63) is 0 Å². The predicted molar refractivity (Wildman–Crippen MR) is 26.9 cm³/mol. The molecule has 0 heterocycles. The summed E-state index contributed by atoms with van der Waals surface area (Å²) in [5.41, 5.74) is 0. The van der Waals surface area contributed by atoms with Gasteiger partial charge < -0.3 is 20.4 Å². The van der Waals surface area contributed by atoms with E-state index in [0.29, 0.717) is 13.2 Å². The Hall–Kier alpha value is 1.48. The van der Waals surface area contributed by atoms with Gasteiger partial charge in [-0.3, -0.25) is 0 Å². The summed E-state index contributed by atoms with van der Waals surface area (Å²) < 4.78 is 4.63. The molecule has 0 fully saturated rings. The van der Waals surface area contributed by atoms with Gasteiger partial charge in [0, 0.05) is 0 Å². The van der Waals surface area contributed by atoms with Gasteiger partial charge in [-0.05, 0) is 0 Å². The monoisotopic (exact) mass is 162 g/mol. The summed E-state index contributed by atoms with van der Waals surface area (Å²) >= 11 is 0. The van der Waals surface area contributed by atoms with Crippen molar-refractivity contribution in [3.8, 4) is 0 Å². The third-order valence-electron chi connectivity index (χ3n) is 0.471. The zero-order valence-corrected chi connectivity index (χ0v) is 8.70. The van der Waals surface area contributed by atoms with Crippen LogP contribution in [0.4, 0.5) is 0 Å². The largest absolute Gasteiger partial charge is 1.00 e. The molecule has 3 N–H and O–H groups in total. The van der Waals surface area contributed by atoms with Crippen LogP contribution in [0.15, 0.2) is 0 Å². The van der Waals surface area contributed by atoms with E-state index < -0.39 is 0 Å². The minimum atomic E-state index is 0. The van der Waals surface area contributed by atoms with E-state index in [9.17, 15) is 0 Å². The fraction of sp³-hybridized carbons (Fsp3) is 1.00. The molecule has 4 nitrogen and oxygen atoms in total. The molecule has 0 aromatic carbocycles. The van der Waals surface area contributed by atoms with Crippen LogP contribution in [0.1, 0.15) is 0 Å². The minimum absolute atomic E-state index is 0. The Kier molecular flexibility index (Phi) is 30.4. The van der Waals surface area contributed by atoms with Gasteiger partial charge in [-0.1, -0.05) is 0 Å². The van der Waals surface area contributed by atoms with E-state index >= 15 is 0 Å². The first kappa shape index (κ1) is 16.8. The molecule has 0 aliphatic heterocycles. The molecule has 0 bridgehead atoms. The molecule has 52 valence electrons. The van der Waals surface area contributed by atoms with E-state index in [1.165, 1.54) is 0 Å². The summed E-state index contributed by atoms with van der Waals surface area (Å²) in [4.78, 5) is 0. The Labute approximate surface area is 96.9 Å². The van der Waals surface area contributed by atoms with Gasteiger partial charge in [0.1, 0.15) is 0 Å². The van der Waals surface area contributed by atoms with Crippen molar-refractivity contribution in [1.29, 1.82) is 0 Å². The van der Waals surface area contributed by atoms with Crippen LogP contribution in [0.5, 0.6) is 0 Å². The second-order valence-electron chi connectivity index (χ2n) is 1.06. The van der Waals surface area contributed by atoms with Crippen LogP contribution < -0.4 is 51.4 Å². The van der Waals surface area contributed by atoms with Crippen LogP contribution in [-0.2, 0) is 4.74 Å². The van der Waals surface area contributed by atoms with Gasteiger partial charge in [-0.25, -0.2) is 0 Å². The number of rotatable bonds is 4. The van der Waals surface area contributed by atoms with Gasteiger partial charge in [-0.15, -0.1) is 0 Å². The minimum Gasteiger partial charge on any atom is -0.870 e. The Morgan fingerprint density at radius 1 is 1.00 bits per heavy atom. The standard InChI is InChI=1S/C4H10O3.K.H2O/c5-1-3-7-4-2-6;;/h5-6H,1-4H2;;1H2/q;+1;/p-1. The summed E-state index contributed by atoms with van der Waals surface area (Å²) in [7, 11) is 0. The molecule has 0 aliphatic carbocycles. The van der Waals surface area contributed by atoms with Crippen LogP contribution >= 0.6 is 0 Å². The number of ether oxygens (including phenoxy) is 1. The van der Waals surface area contributed by atoms with E-state index in [-0.39, 0.29) is 70.1 Å². The molecule has 9 heavy (non-hydrogen) atoms. The van der Waals surface area contributed by atoms with E-state index in [4.69, 9.17) is 10.2 Å². The van der Waals surface area contributed by atoms with Crippen molar-refractivity contribution in [2.75, 3.05) is 26.4 Å². The van der Waals surface area contributed by atoms with Crippen molar-refractivity contribution in [3.63, 3.8) is 0 Å². The van der Waals surface area contributed by atoms with Crippen LogP contribution in [0.2, 0.25) is 0 Å². The van der Waals surface area contributed by atoms with Gasteiger partial charge in [-0.2, -0.15) is 0 Å². The summed E-state index contributed by atoms with van der Waals surface area (Å²) in [5.74, 6) is 0. The van der Waals surface area contributed by atoms with E-state index in [0.717, 1.165) is 0 Å². The van der Waals surface area contributed by atoms with Crippen molar-refractivity contribution in [2.45, 2.75) is 0 Å². The Balaban J connectivity index is -0.000000180. The van der Waals surface area contributed by atoms with Crippen molar-refractivity contribution in [1.82, 2.24) is 0 Å². The second-order valence-corrected chi connectivity index (χ2v) is 1.06. The van der Waals surface area contributed by atoms with Gasteiger partial charge >= 0.3 is 51.4 Å². The summed E-state index contributed by atoms with van der Waals surface area (Å²) in [5, 5.41) is 16.2. The molecular formula is C4H11KO4. The van der Waals surface area contributed by atoms with Gasteiger partial charge in [0.25, 0.3) is 0 Å². The van der Waals surface area contributed by atoms with Crippen molar-refractivity contribution < 1.29 is 71.8 Å². The fourth-order valence-corrected chi connectivity index (χ4v) is 0.231. The van der Waals surface area contributed by atoms with E-state index in [1.807, 2.05) is 0 Å². The third kappa shape index (κ3) is 17.7. The van der Waals surface area contributed by atoms with Gasteiger partial charge in [0.2, 0.25) is 0 Å². The first-order chi connectivity index (χ1) is 3.41. The molecule has 0 radical (unpaired) electrons. The van der Waals surface area contributed by atoms with Crippen LogP contribution in [0.25, 0.3) is 0 Å². The Morgan fingerprint density at radius 3 is 1.56 bits per heavy atom. The van der Waals surface area contributed by atoms with Crippen LogP contribution in [0, 0.1) is 0 Å². The maximum atomic E-state index is 8.09. The molecule has 0 aliphatic rings. The topological polar surface area (TPSA) is 79.7 Å². The van der Waals surface area contributed by atoms with E-state index in [1.54, 1.807) is 0 Å². The quantitative estimate of drug-likeness (QED) is 0.324. The smallest absolute Gasteiger partial charge is 0.870 e. The molecular weight excluding hydrogens is 151 g/mol. The molecule has 0 aromatic heterocycles. The normalized spacial score (nSPS) is 7.33. The molecule has 5 heteroatoms. The van der Waals surface area contributed by atoms with E-state index in [2.05, 4.69) is 4.74 Å². The Bertz CT molecular complexity index is 31.7. The Morgan fingerprint density at radius 2 is 1.33 bits per heavy atom. The zero-order valence-electron chi connectivity index (χ0n) is 5.58. The number of hydrogen-bond donors (Lipinski definition) is 2. The molecule has 0 rings (SSSR count). The number of aliphatic hydroxyl groups is 2. The van der Waals surface area contributed by atoms with Gasteiger partial charge in [0.05, 0.1) is 26.4 Å². The summed E-state index contributed by atoms with van der Waals surface area (Å²) in [6.07, 6.45) is 0. The fourth-order valence-electron chi connectivity index (χ4n) is 0.231. The first-order valence-electron chi connectivity index (χ1n) is 2.21. The van der Waals surface area contributed by atoms with Gasteiger partial charge in [0.15, 0.2) is 0 Å². The second kappa shape index (κ2) is 16.2. The number of hydrogen-bond acceptors (Lipinski definition) is 4. The average Bonchev–Trinajstić information content (AvgIpc) is 1.69. The van der Waals surface area contributed by atoms with Crippen LogP contribution in [0.3, 0.4) is 0 Å². The first-order valence-corrected chi connectivity index (χ1v) is 2.21. The SMILES string of the molecule is OCCOCCO.[K+].[OH-]. The van der Waals surface area contributed by atoms with Crippen molar-refractivity contribution in [2.24, 2.45) is 0 Å². The molecule has 0 unspecified atom stereocenters. The maximum Gasteiger partial charge on any atom is 1.00 e. The average molecular weight is 162 g/mol.